The molecule has 128 valence electrons. The van der Waals surface area contributed by atoms with Crippen molar-refractivity contribution in [2.75, 3.05) is 0 Å². The molecule has 1 unspecified atom stereocenters. The van der Waals surface area contributed by atoms with Crippen molar-refractivity contribution in [2.24, 2.45) is 0 Å². The smallest absolute Gasteiger partial charge is 0.307 e. The Hall–Kier alpha value is -1.83. The van der Waals surface area contributed by atoms with Crippen molar-refractivity contribution in [2.45, 2.75) is 58.0 Å². The molecule has 0 bridgehead atoms. The van der Waals surface area contributed by atoms with Gasteiger partial charge in [-0.05, 0) is 18.1 Å². The minimum absolute atomic E-state index is 0.271. The lowest BCUT2D eigenvalue weighted by molar-refractivity contribution is -0.137. The lowest BCUT2D eigenvalue weighted by atomic mass is 9.89. The predicted molar refractivity (Wildman–Crippen MR) is 98.8 cm³/mol. The monoisotopic (exact) mass is 342 g/mol. The third kappa shape index (κ3) is 5.99. The van der Waals surface area contributed by atoms with Crippen molar-refractivity contribution in [3.8, 4) is 11.5 Å². The van der Waals surface area contributed by atoms with Crippen LogP contribution in [0, 0.1) is 11.5 Å². The summed E-state index contributed by atoms with van der Waals surface area (Å²) in [6, 6.07) is 10.1. The van der Waals surface area contributed by atoms with Gasteiger partial charge >= 0.3 is 5.97 Å². The van der Waals surface area contributed by atoms with E-state index >= 15 is 0 Å². The van der Waals surface area contributed by atoms with Gasteiger partial charge in [-0.2, -0.15) is 0 Å². The molecule has 1 aromatic rings. The van der Waals surface area contributed by atoms with Crippen molar-refractivity contribution in [3.05, 3.63) is 47.7 Å². The van der Waals surface area contributed by atoms with E-state index in [1.165, 1.54) is 6.92 Å². The van der Waals surface area contributed by atoms with Gasteiger partial charge in [-0.25, -0.2) is 0 Å². The standard InChI is InChI=1S/C20H26O3Si/c1-17(21)23-19-10-12-20(13-11-19,14-15-24(2,3)4)22-16-18-8-6-5-7-9-18/h5-10H,11-13,16H2,1-4H3. The molecule has 0 saturated heterocycles. The highest BCUT2D eigenvalue weighted by Crippen LogP contribution is 2.32. The second-order valence-corrected chi connectivity index (χ2v) is 12.0. The number of esters is 1. The van der Waals surface area contributed by atoms with Crippen LogP contribution in [0.15, 0.2) is 42.2 Å². The van der Waals surface area contributed by atoms with Crippen molar-refractivity contribution in [3.63, 3.8) is 0 Å². The summed E-state index contributed by atoms with van der Waals surface area (Å²) in [4.78, 5) is 11.1. The molecule has 4 heteroatoms. The summed E-state index contributed by atoms with van der Waals surface area (Å²) < 4.78 is 11.5. The lowest BCUT2D eigenvalue weighted by Gasteiger charge is -2.32. The second-order valence-electron chi connectivity index (χ2n) is 7.24. The Bertz CT molecular complexity index is 662. The highest BCUT2D eigenvalue weighted by molar-refractivity contribution is 6.83. The van der Waals surface area contributed by atoms with E-state index in [2.05, 4.69) is 43.2 Å². The quantitative estimate of drug-likeness (QED) is 0.460. The third-order valence-corrected chi connectivity index (χ3v) is 4.61. The van der Waals surface area contributed by atoms with Gasteiger partial charge in [0.05, 0.1) is 6.61 Å². The zero-order valence-electron chi connectivity index (χ0n) is 15.0. The van der Waals surface area contributed by atoms with Crippen LogP contribution in [-0.4, -0.2) is 19.6 Å². The number of hydrogen-bond acceptors (Lipinski definition) is 3. The van der Waals surface area contributed by atoms with Gasteiger partial charge in [0.2, 0.25) is 0 Å². The maximum atomic E-state index is 11.1. The van der Waals surface area contributed by atoms with Crippen LogP contribution in [0.2, 0.25) is 19.6 Å². The SMILES string of the molecule is CC(=O)OC1=CCC(C#C[Si](C)(C)C)(OCc2ccccc2)CC1. The van der Waals surface area contributed by atoms with Gasteiger partial charge in [0.1, 0.15) is 19.4 Å². The molecule has 0 radical (unpaired) electrons. The highest BCUT2D eigenvalue weighted by atomic mass is 28.3. The average molecular weight is 343 g/mol. The summed E-state index contributed by atoms with van der Waals surface area (Å²) in [7, 11) is -1.49. The number of benzene rings is 1. The second kappa shape index (κ2) is 7.83. The maximum Gasteiger partial charge on any atom is 0.307 e. The molecule has 0 spiro atoms. The Balaban J connectivity index is 2.15. The Kier molecular flexibility index (Phi) is 6.03. The predicted octanol–water partition coefficient (Wildman–Crippen LogP) is 4.45. The van der Waals surface area contributed by atoms with Gasteiger partial charge in [0.15, 0.2) is 0 Å². The van der Waals surface area contributed by atoms with Gasteiger partial charge < -0.3 is 9.47 Å². The Morgan fingerprint density at radius 2 is 1.96 bits per heavy atom. The molecule has 1 atom stereocenters. The molecule has 1 aliphatic rings. The third-order valence-electron chi connectivity index (χ3n) is 3.73. The Labute approximate surface area is 146 Å². The van der Waals surface area contributed by atoms with Gasteiger partial charge in [-0.15, -0.1) is 5.54 Å². The van der Waals surface area contributed by atoms with Gasteiger partial charge in [0, 0.05) is 19.8 Å². The molecule has 0 fully saturated rings. The van der Waals surface area contributed by atoms with Crippen LogP contribution in [0.3, 0.4) is 0 Å². The first-order chi connectivity index (χ1) is 11.3. The maximum absolute atomic E-state index is 11.1. The van der Waals surface area contributed by atoms with Crippen LogP contribution in [0.1, 0.15) is 31.7 Å². The molecule has 1 aromatic carbocycles. The minimum atomic E-state index is -1.49. The fourth-order valence-corrected chi connectivity index (χ4v) is 3.07. The molecule has 24 heavy (non-hydrogen) atoms. The number of rotatable bonds is 4. The summed E-state index contributed by atoms with van der Waals surface area (Å²) in [6.45, 7) is 8.66. The summed E-state index contributed by atoms with van der Waals surface area (Å²) in [5.74, 6) is 3.89. The molecule has 0 aromatic heterocycles. The number of allylic oxidation sites excluding steroid dienone is 1. The van der Waals surface area contributed by atoms with Gasteiger partial charge in [0.25, 0.3) is 0 Å². The lowest BCUT2D eigenvalue weighted by Crippen LogP contribution is -2.34. The van der Waals surface area contributed by atoms with Gasteiger partial charge in [-0.1, -0.05) is 55.9 Å². The van der Waals surface area contributed by atoms with E-state index in [-0.39, 0.29) is 5.97 Å². The van der Waals surface area contributed by atoms with E-state index in [4.69, 9.17) is 9.47 Å². The highest BCUT2D eigenvalue weighted by Gasteiger charge is 2.32. The summed E-state index contributed by atoms with van der Waals surface area (Å²) in [5, 5.41) is 0. The molecule has 0 N–H and O–H groups in total. The fraction of sp³-hybridized carbons (Fsp3) is 0.450. The topological polar surface area (TPSA) is 35.5 Å². The average Bonchev–Trinajstić information content (AvgIpc) is 2.53. The van der Waals surface area contributed by atoms with Crippen LogP contribution in [0.5, 0.6) is 0 Å². The first-order valence-corrected chi connectivity index (χ1v) is 11.9. The van der Waals surface area contributed by atoms with Crippen molar-refractivity contribution in [1.29, 1.82) is 0 Å². The summed E-state index contributed by atoms with van der Waals surface area (Å²) in [5.41, 5.74) is 4.11. The zero-order valence-corrected chi connectivity index (χ0v) is 16.0. The Morgan fingerprint density at radius 1 is 1.25 bits per heavy atom. The van der Waals surface area contributed by atoms with E-state index < -0.39 is 13.7 Å². The molecular formula is C20H26O3Si. The molecule has 0 aliphatic heterocycles. The zero-order chi connectivity index (χ0) is 17.6. The number of carbonyl (C=O) groups excluding carboxylic acids is 1. The summed E-state index contributed by atoms with van der Waals surface area (Å²) in [6.07, 6.45) is 4.03. The van der Waals surface area contributed by atoms with E-state index in [9.17, 15) is 4.79 Å². The molecule has 1 aliphatic carbocycles. The van der Waals surface area contributed by atoms with E-state index in [1.807, 2.05) is 24.3 Å². The molecule has 3 nitrogen and oxygen atoms in total. The van der Waals surface area contributed by atoms with Crippen LogP contribution >= 0.6 is 0 Å². The van der Waals surface area contributed by atoms with E-state index in [0.29, 0.717) is 19.4 Å². The van der Waals surface area contributed by atoms with Crippen LogP contribution in [-0.2, 0) is 20.9 Å². The number of carbonyl (C=O) groups is 1. The fourth-order valence-electron chi connectivity index (χ4n) is 2.46. The molecule has 0 amide bonds. The summed E-state index contributed by atoms with van der Waals surface area (Å²) >= 11 is 0. The normalized spacial score (nSPS) is 20.6. The molecular weight excluding hydrogens is 316 g/mol. The first-order valence-electron chi connectivity index (χ1n) is 8.38. The largest absolute Gasteiger partial charge is 0.432 e. The molecule has 0 saturated carbocycles. The van der Waals surface area contributed by atoms with Gasteiger partial charge in [-0.3, -0.25) is 4.79 Å². The van der Waals surface area contributed by atoms with Crippen molar-refractivity contribution < 1.29 is 14.3 Å². The van der Waals surface area contributed by atoms with E-state index in [1.54, 1.807) is 0 Å². The molecule has 2 rings (SSSR count). The van der Waals surface area contributed by atoms with Crippen LogP contribution in [0.25, 0.3) is 0 Å². The van der Waals surface area contributed by atoms with Crippen molar-refractivity contribution in [1.82, 2.24) is 0 Å². The van der Waals surface area contributed by atoms with Crippen LogP contribution in [0.4, 0.5) is 0 Å². The number of hydrogen-bond donors (Lipinski definition) is 0. The number of ether oxygens (including phenoxy) is 2. The van der Waals surface area contributed by atoms with E-state index in [0.717, 1.165) is 17.7 Å². The minimum Gasteiger partial charge on any atom is -0.432 e. The van der Waals surface area contributed by atoms with Crippen LogP contribution < -0.4 is 0 Å². The first kappa shape index (κ1) is 18.5. The van der Waals surface area contributed by atoms with Crippen molar-refractivity contribution >= 4 is 14.0 Å². The Morgan fingerprint density at radius 3 is 2.50 bits per heavy atom. The molecule has 0 heterocycles.